The predicted molar refractivity (Wildman–Crippen MR) is 120 cm³/mol. The van der Waals surface area contributed by atoms with Crippen LogP contribution in [0.5, 0.6) is 0 Å². The molecule has 3 heteroatoms. The molecule has 0 aliphatic heterocycles. The predicted octanol–water partition coefficient (Wildman–Crippen LogP) is 5.95. The van der Waals surface area contributed by atoms with Gasteiger partial charge < -0.3 is 9.84 Å². The van der Waals surface area contributed by atoms with Gasteiger partial charge >= 0.3 is 5.97 Å². The van der Waals surface area contributed by atoms with E-state index in [1.54, 1.807) is 0 Å². The molecule has 2 rings (SSSR count). The summed E-state index contributed by atoms with van der Waals surface area (Å²) < 4.78 is 5.57. The van der Waals surface area contributed by atoms with Crippen molar-refractivity contribution in [1.29, 1.82) is 0 Å². The summed E-state index contributed by atoms with van der Waals surface area (Å²) >= 11 is 0. The first-order valence-electron chi connectivity index (χ1n) is 11.3. The van der Waals surface area contributed by atoms with Gasteiger partial charge in [0.2, 0.25) is 0 Å². The van der Waals surface area contributed by atoms with Crippen LogP contribution in [0.15, 0.2) is 48.6 Å². The Kier molecular flexibility index (Phi) is 10.2. The van der Waals surface area contributed by atoms with E-state index in [0.29, 0.717) is 6.42 Å². The Hall–Kier alpha value is -1.87. The maximum atomic E-state index is 11.6. The van der Waals surface area contributed by atoms with Crippen molar-refractivity contribution in [3.05, 3.63) is 59.7 Å². The van der Waals surface area contributed by atoms with Crippen LogP contribution >= 0.6 is 0 Å². The second kappa shape index (κ2) is 12.6. The molecule has 1 aromatic rings. The average Bonchev–Trinajstić information content (AvgIpc) is 2.73. The third-order valence-electron chi connectivity index (χ3n) is 5.96. The first-order chi connectivity index (χ1) is 14.1. The van der Waals surface area contributed by atoms with Crippen LogP contribution in [-0.2, 0) is 22.4 Å². The number of carbonyl (C=O) groups excluding carboxylic acids is 1. The molecule has 0 heterocycles. The molecular formula is C26H38O3. The van der Waals surface area contributed by atoms with E-state index in [1.165, 1.54) is 56.6 Å². The lowest BCUT2D eigenvalue weighted by Gasteiger charge is -2.32. The summed E-state index contributed by atoms with van der Waals surface area (Å²) in [7, 11) is 0. The van der Waals surface area contributed by atoms with E-state index < -0.39 is 0 Å². The number of carbonyl (C=O) groups is 1. The number of ether oxygens (including phenoxy) is 1. The van der Waals surface area contributed by atoms with Crippen LogP contribution in [-0.4, -0.2) is 23.8 Å². The Morgan fingerprint density at radius 2 is 1.86 bits per heavy atom. The van der Waals surface area contributed by atoms with E-state index in [9.17, 15) is 9.90 Å². The summed E-state index contributed by atoms with van der Waals surface area (Å²) in [5, 5.41) is 9.84. The van der Waals surface area contributed by atoms with Gasteiger partial charge in [0.1, 0.15) is 6.10 Å². The highest BCUT2D eigenvalue weighted by atomic mass is 16.5. The normalized spacial score (nSPS) is 17.6. The minimum absolute atomic E-state index is 0.0780. The highest BCUT2D eigenvalue weighted by molar-refractivity contribution is 5.66. The molecule has 0 radical (unpaired) electrons. The Morgan fingerprint density at radius 1 is 1.14 bits per heavy atom. The van der Waals surface area contributed by atoms with Crippen molar-refractivity contribution in [2.24, 2.45) is 5.41 Å². The van der Waals surface area contributed by atoms with Gasteiger partial charge in [0.15, 0.2) is 0 Å². The maximum Gasteiger partial charge on any atom is 0.303 e. The molecule has 1 saturated carbocycles. The average molecular weight is 399 g/mol. The van der Waals surface area contributed by atoms with Gasteiger partial charge in [-0.2, -0.15) is 0 Å². The molecule has 1 unspecified atom stereocenters. The van der Waals surface area contributed by atoms with Crippen LogP contribution in [0, 0.1) is 5.41 Å². The van der Waals surface area contributed by atoms with Crippen LogP contribution in [0.3, 0.4) is 0 Å². The van der Waals surface area contributed by atoms with Crippen molar-refractivity contribution >= 4 is 5.97 Å². The molecule has 1 aliphatic carbocycles. The zero-order valence-electron chi connectivity index (χ0n) is 18.2. The lowest BCUT2D eigenvalue weighted by molar-refractivity contribution is -0.144. The molecule has 3 nitrogen and oxygen atoms in total. The smallest absolute Gasteiger partial charge is 0.303 e. The van der Waals surface area contributed by atoms with Crippen molar-refractivity contribution in [2.75, 3.05) is 6.61 Å². The number of hydrogen-bond donors (Lipinski definition) is 1. The number of benzene rings is 1. The Labute approximate surface area is 176 Å². The number of allylic oxidation sites excluding steroid dienone is 2. The van der Waals surface area contributed by atoms with Crippen molar-refractivity contribution in [2.45, 2.75) is 84.2 Å². The van der Waals surface area contributed by atoms with E-state index >= 15 is 0 Å². The first kappa shape index (κ1) is 23.4. The molecule has 160 valence electrons. The molecule has 1 fully saturated rings. The molecule has 0 amide bonds. The highest BCUT2D eigenvalue weighted by Crippen LogP contribution is 2.37. The number of rotatable bonds is 11. The van der Waals surface area contributed by atoms with E-state index in [-0.39, 0.29) is 24.1 Å². The second-order valence-corrected chi connectivity index (χ2v) is 8.40. The van der Waals surface area contributed by atoms with Crippen molar-refractivity contribution in [3.8, 4) is 0 Å². The van der Waals surface area contributed by atoms with E-state index in [0.717, 1.165) is 19.3 Å². The minimum Gasteiger partial charge on any atom is -0.458 e. The van der Waals surface area contributed by atoms with E-state index in [1.807, 2.05) is 18.2 Å². The third kappa shape index (κ3) is 8.18. The number of esters is 1. The molecule has 29 heavy (non-hydrogen) atoms. The van der Waals surface area contributed by atoms with Crippen molar-refractivity contribution < 1.29 is 14.6 Å². The van der Waals surface area contributed by atoms with Crippen LogP contribution in [0.4, 0.5) is 0 Å². The van der Waals surface area contributed by atoms with E-state index in [2.05, 4.69) is 37.3 Å². The zero-order valence-corrected chi connectivity index (χ0v) is 18.2. The van der Waals surface area contributed by atoms with Crippen LogP contribution in [0.1, 0.15) is 76.3 Å². The highest BCUT2D eigenvalue weighted by Gasteiger charge is 2.28. The summed E-state index contributed by atoms with van der Waals surface area (Å²) in [6, 6.07) is 8.47. The quantitative estimate of drug-likeness (QED) is 0.285. The Balaban J connectivity index is 2.05. The SMILES string of the molecule is CCCCCc1ccccc1CC(C=CC=CC1(CO)CCCCC1)OC(C)=O. The molecule has 0 saturated heterocycles. The van der Waals surface area contributed by atoms with Crippen LogP contribution in [0.25, 0.3) is 0 Å². The van der Waals surface area contributed by atoms with Gasteiger partial charge in [-0.15, -0.1) is 0 Å². The lowest BCUT2D eigenvalue weighted by Crippen LogP contribution is -2.25. The van der Waals surface area contributed by atoms with Gasteiger partial charge in [0.25, 0.3) is 0 Å². The van der Waals surface area contributed by atoms with Crippen molar-refractivity contribution in [1.82, 2.24) is 0 Å². The Morgan fingerprint density at radius 3 is 2.52 bits per heavy atom. The number of hydrogen-bond acceptors (Lipinski definition) is 3. The zero-order chi connectivity index (χ0) is 21.0. The summed E-state index contributed by atoms with van der Waals surface area (Å²) in [5.74, 6) is -0.258. The van der Waals surface area contributed by atoms with Gasteiger partial charge in [-0.3, -0.25) is 4.79 Å². The van der Waals surface area contributed by atoms with Gasteiger partial charge in [-0.25, -0.2) is 0 Å². The largest absolute Gasteiger partial charge is 0.458 e. The first-order valence-corrected chi connectivity index (χ1v) is 11.3. The molecule has 1 aliphatic rings. The number of aliphatic hydroxyl groups is 1. The monoisotopic (exact) mass is 398 g/mol. The lowest BCUT2D eigenvalue weighted by atomic mass is 9.74. The number of aryl methyl sites for hydroxylation is 1. The molecule has 0 aromatic heterocycles. The van der Waals surface area contributed by atoms with Crippen molar-refractivity contribution in [3.63, 3.8) is 0 Å². The fourth-order valence-electron chi connectivity index (χ4n) is 4.23. The minimum atomic E-state index is -0.277. The molecule has 1 N–H and O–H groups in total. The second-order valence-electron chi connectivity index (χ2n) is 8.40. The summed E-state index contributed by atoms with van der Waals surface area (Å²) in [5.41, 5.74) is 2.52. The fourth-order valence-corrected chi connectivity index (χ4v) is 4.23. The van der Waals surface area contributed by atoms with Gasteiger partial charge in [0.05, 0.1) is 6.61 Å². The Bertz CT molecular complexity index is 668. The number of aliphatic hydroxyl groups excluding tert-OH is 1. The summed E-state index contributed by atoms with van der Waals surface area (Å²) in [6.07, 6.45) is 18.9. The summed E-state index contributed by atoms with van der Waals surface area (Å²) in [4.78, 5) is 11.6. The standard InChI is InChI=1S/C26H38O3/c1-3-4-6-13-23-14-7-8-15-24(23)20-25(29-22(2)28)16-9-12-19-26(21-27)17-10-5-11-18-26/h7-9,12,14-16,19,25,27H,3-6,10-11,13,17-18,20-21H2,1-2H3. The molecule has 1 aromatic carbocycles. The molecule has 0 spiro atoms. The topological polar surface area (TPSA) is 46.5 Å². The summed E-state index contributed by atoms with van der Waals surface area (Å²) in [6.45, 7) is 3.89. The molecule has 0 bridgehead atoms. The number of unbranched alkanes of at least 4 members (excludes halogenated alkanes) is 2. The van der Waals surface area contributed by atoms with Crippen LogP contribution in [0.2, 0.25) is 0 Å². The van der Waals surface area contributed by atoms with Gasteiger partial charge in [-0.05, 0) is 42.9 Å². The fraction of sp³-hybridized carbons (Fsp3) is 0.577. The van der Waals surface area contributed by atoms with Gasteiger partial charge in [-0.1, -0.05) is 81.5 Å². The van der Waals surface area contributed by atoms with E-state index in [4.69, 9.17) is 4.74 Å². The maximum absolute atomic E-state index is 11.6. The third-order valence-corrected chi connectivity index (χ3v) is 5.96. The molecule has 1 atom stereocenters. The molecular weight excluding hydrogens is 360 g/mol. The van der Waals surface area contributed by atoms with Crippen LogP contribution < -0.4 is 0 Å². The van der Waals surface area contributed by atoms with Gasteiger partial charge in [0, 0.05) is 18.8 Å².